The van der Waals surface area contributed by atoms with Crippen molar-refractivity contribution in [1.82, 2.24) is 10.2 Å². The van der Waals surface area contributed by atoms with E-state index in [1.807, 2.05) is 12.1 Å². The van der Waals surface area contributed by atoms with Gasteiger partial charge in [0.05, 0.1) is 12.3 Å². The predicted octanol–water partition coefficient (Wildman–Crippen LogP) is 4.08. The van der Waals surface area contributed by atoms with Gasteiger partial charge in [-0.15, -0.1) is 0 Å². The van der Waals surface area contributed by atoms with Gasteiger partial charge in [-0.2, -0.15) is 0 Å². The lowest BCUT2D eigenvalue weighted by Gasteiger charge is -2.35. The van der Waals surface area contributed by atoms with Crippen molar-refractivity contribution in [2.24, 2.45) is 5.92 Å². The molecule has 1 saturated carbocycles. The highest BCUT2D eigenvalue weighted by molar-refractivity contribution is 5.78. The van der Waals surface area contributed by atoms with Crippen LogP contribution in [0.15, 0.2) is 47.1 Å². The molecule has 0 spiro atoms. The molecule has 1 fully saturated rings. The summed E-state index contributed by atoms with van der Waals surface area (Å²) in [6, 6.07) is 12.7. The van der Waals surface area contributed by atoms with Gasteiger partial charge >= 0.3 is 0 Å². The quantitative estimate of drug-likeness (QED) is 0.882. The van der Waals surface area contributed by atoms with Gasteiger partial charge in [0, 0.05) is 25.6 Å². The van der Waals surface area contributed by atoms with Crippen LogP contribution in [-0.2, 0) is 17.8 Å². The van der Waals surface area contributed by atoms with E-state index in [4.69, 9.17) is 4.42 Å². The largest absolute Gasteiger partial charge is 0.468 e. The Balaban J connectivity index is 1.44. The number of hydrogen-bond acceptors (Lipinski definition) is 3. The third-order valence-electron chi connectivity index (χ3n) is 5.92. The minimum absolute atomic E-state index is 0.0888. The fraction of sp³-hybridized carbons (Fsp3) is 0.500. The molecule has 1 aliphatic carbocycles. The zero-order valence-corrected chi connectivity index (χ0v) is 15.3. The van der Waals surface area contributed by atoms with Crippen LogP contribution in [0.5, 0.6) is 0 Å². The van der Waals surface area contributed by atoms with Gasteiger partial charge in [0.25, 0.3) is 0 Å². The van der Waals surface area contributed by atoms with Gasteiger partial charge < -0.3 is 9.73 Å². The van der Waals surface area contributed by atoms with Crippen LogP contribution in [0.25, 0.3) is 0 Å². The molecule has 2 heterocycles. The summed E-state index contributed by atoms with van der Waals surface area (Å²) in [6.45, 7) is 2.51. The standard InChI is InChI=1S/C22H28N2O2/c25-22(18-8-2-1-3-9-18)23-15-20(21-11-6-14-26-21)24-13-12-17-7-4-5-10-19(17)16-24/h4-7,10-11,14,18,20H,1-3,8-9,12-13,15-16H2,(H,23,25)/t20-/m1/s1. The summed E-state index contributed by atoms with van der Waals surface area (Å²) in [5.41, 5.74) is 2.82. The normalized spacial score (nSPS) is 19.7. The number of carbonyl (C=O) groups excluding carboxylic acids is 1. The molecule has 0 saturated heterocycles. The number of benzene rings is 1. The molecule has 1 aliphatic heterocycles. The Kier molecular flexibility index (Phi) is 5.40. The molecule has 0 radical (unpaired) electrons. The molecule has 1 aromatic carbocycles. The van der Waals surface area contributed by atoms with Gasteiger partial charge in [0.1, 0.15) is 5.76 Å². The van der Waals surface area contributed by atoms with Crippen LogP contribution in [0.4, 0.5) is 0 Å². The molecule has 2 aliphatic rings. The minimum atomic E-state index is 0.0888. The molecule has 1 aromatic heterocycles. The van der Waals surface area contributed by atoms with Gasteiger partial charge in [-0.05, 0) is 42.5 Å². The highest BCUT2D eigenvalue weighted by Gasteiger charge is 2.28. The van der Waals surface area contributed by atoms with Crippen LogP contribution in [0, 0.1) is 5.92 Å². The third kappa shape index (κ3) is 3.85. The molecule has 4 nitrogen and oxygen atoms in total. The summed E-state index contributed by atoms with van der Waals surface area (Å²) in [5.74, 6) is 1.36. The van der Waals surface area contributed by atoms with Crippen LogP contribution in [0.2, 0.25) is 0 Å². The van der Waals surface area contributed by atoms with E-state index < -0.39 is 0 Å². The minimum Gasteiger partial charge on any atom is -0.468 e. The second kappa shape index (κ2) is 8.09. The second-order valence-electron chi connectivity index (χ2n) is 7.60. The maximum Gasteiger partial charge on any atom is 0.223 e. The fourth-order valence-corrected chi connectivity index (χ4v) is 4.38. The second-order valence-corrected chi connectivity index (χ2v) is 7.60. The number of carbonyl (C=O) groups is 1. The smallest absolute Gasteiger partial charge is 0.223 e. The third-order valence-corrected chi connectivity index (χ3v) is 5.92. The lowest BCUT2D eigenvalue weighted by Crippen LogP contribution is -2.42. The number of nitrogens with one attached hydrogen (secondary N) is 1. The first kappa shape index (κ1) is 17.3. The average molecular weight is 352 g/mol. The zero-order chi connectivity index (χ0) is 17.8. The number of nitrogens with zero attached hydrogens (tertiary/aromatic N) is 1. The highest BCUT2D eigenvalue weighted by Crippen LogP contribution is 2.28. The summed E-state index contributed by atoms with van der Waals surface area (Å²) in [4.78, 5) is 15.0. The molecule has 4 heteroatoms. The molecular weight excluding hydrogens is 324 g/mol. The fourth-order valence-electron chi connectivity index (χ4n) is 4.38. The summed E-state index contributed by atoms with van der Waals surface area (Å²) < 4.78 is 5.72. The van der Waals surface area contributed by atoms with Crippen molar-refractivity contribution in [3.8, 4) is 0 Å². The van der Waals surface area contributed by atoms with Crippen LogP contribution < -0.4 is 5.32 Å². The highest BCUT2D eigenvalue weighted by atomic mass is 16.3. The molecule has 138 valence electrons. The van der Waals surface area contributed by atoms with Crippen LogP contribution in [-0.4, -0.2) is 23.9 Å². The number of furan rings is 1. The van der Waals surface area contributed by atoms with Crippen molar-refractivity contribution >= 4 is 5.91 Å². The van der Waals surface area contributed by atoms with Gasteiger partial charge in [0.15, 0.2) is 0 Å². The Morgan fingerprint density at radius 1 is 1.12 bits per heavy atom. The SMILES string of the molecule is O=C(NC[C@H](c1ccco1)N1CCc2ccccc2C1)C1CCCCC1. The van der Waals surface area contributed by atoms with Crippen LogP contribution >= 0.6 is 0 Å². The lowest BCUT2D eigenvalue weighted by molar-refractivity contribution is -0.126. The van der Waals surface area contributed by atoms with E-state index in [9.17, 15) is 4.79 Å². The molecule has 0 unspecified atom stereocenters. The van der Waals surface area contributed by atoms with Gasteiger partial charge in [-0.1, -0.05) is 43.5 Å². The summed E-state index contributed by atoms with van der Waals surface area (Å²) in [7, 11) is 0. The van der Waals surface area contributed by atoms with E-state index in [-0.39, 0.29) is 17.9 Å². The van der Waals surface area contributed by atoms with E-state index in [1.165, 1.54) is 30.4 Å². The maximum atomic E-state index is 12.6. The molecule has 4 rings (SSSR count). The Morgan fingerprint density at radius 2 is 1.92 bits per heavy atom. The Morgan fingerprint density at radius 3 is 2.69 bits per heavy atom. The van der Waals surface area contributed by atoms with E-state index in [0.717, 1.165) is 38.1 Å². The monoisotopic (exact) mass is 352 g/mol. The topological polar surface area (TPSA) is 45.5 Å². The Hall–Kier alpha value is -2.07. The van der Waals surface area contributed by atoms with E-state index in [2.05, 4.69) is 34.5 Å². The maximum absolute atomic E-state index is 12.6. The Labute approximate surface area is 155 Å². The number of fused-ring (bicyclic) bond motifs is 1. The molecule has 1 N–H and O–H groups in total. The number of hydrogen-bond donors (Lipinski definition) is 1. The van der Waals surface area contributed by atoms with Gasteiger partial charge in [-0.3, -0.25) is 9.69 Å². The van der Waals surface area contributed by atoms with Crippen molar-refractivity contribution < 1.29 is 9.21 Å². The van der Waals surface area contributed by atoms with Crippen molar-refractivity contribution in [2.75, 3.05) is 13.1 Å². The molecule has 1 amide bonds. The first-order valence-corrected chi connectivity index (χ1v) is 9.93. The number of amides is 1. The molecule has 26 heavy (non-hydrogen) atoms. The van der Waals surface area contributed by atoms with Gasteiger partial charge in [0.2, 0.25) is 5.91 Å². The number of rotatable bonds is 5. The summed E-state index contributed by atoms with van der Waals surface area (Å²) in [6.07, 6.45) is 8.48. The van der Waals surface area contributed by atoms with Crippen molar-refractivity contribution in [3.63, 3.8) is 0 Å². The van der Waals surface area contributed by atoms with Crippen LogP contribution in [0.1, 0.15) is 55.0 Å². The summed E-state index contributed by atoms with van der Waals surface area (Å²) in [5, 5.41) is 3.22. The first-order chi connectivity index (χ1) is 12.8. The van der Waals surface area contributed by atoms with Crippen molar-refractivity contribution in [2.45, 2.75) is 51.1 Å². The van der Waals surface area contributed by atoms with E-state index in [1.54, 1.807) is 6.26 Å². The lowest BCUT2D eigenvalue weighted by atomic mass is 9.88. The van der Waals surface area contributed by atoms with Gasteiger partial charge in [-0.25, -0.2) is 0 Å². The average Bonchev–Trinajstić information content (AvgIpc) is 3.23. The van der Waals surface area contributed by atoms with Crippen LogP contribution in [0.3, 0.4) is 0 Å². The van der Waals surface area contributed by atoms with E-state index >= 15 is 0 Å². The predicted molar refractivity (Wildman–Crippen MR) is 102 cm³/mol. The van der Waals surface area contributed by atoms with Crippen molar-refractivity contribution in [3.05, 3.63) is 59.5 Å². The summed E-state index contributed by atoms with van der Waals surface area (Å²) >= 11 is 0. The molecule has 0 bridgehead atoms. The molecule has 2 aromatic rings. The zero-order valence-electron chi connectivity index (χ0n) is 15.3. The molecular formula is C22H28N2O2. The van der Waals surface area contributed by atoms with E-state index in [0.29, 0.717) is 6.54 Å². The molecule has 1 atom stereocenters. The Bertz CT molecular complexity index is 720. The first-order valence-electron chi connectivity index (χ1n) is 9.93. The van der Waals surface area contributed by atoms with Crippen molar-refractivity contribution in [1.29, 1.82) is 0 Å².